The van der Waals surface area contributed by atoms with Crippen molar-refractivity contribution in [3.8, 4) is 22.1 Å². The standard InChI is InChI=1S/C33H26N3OS2.Pt/c1-33(2,3)21-12-13-34-26(16-21)31-25-18-30(37-23-9-7-8-22(17-23)36-15-14-35(4)20-36)39-28(25)19-29-32(31)24-10-5-6-11-27(24)38-29;/h5-16,19-20H,1-4H3;/q-3;. The smallest absolute Gasteiger partial charge is 0.107 e. The fourth-order valence-corrected chi connectivity index (χ4v) is 7.12. The molecule has 3 aromatic carbocycles. The molecule has 0 atom stereocenters. The summed E-state index contributed by atoms with van der Waals surface area (Å²) in [6.45, 7) is 8.72. The number of fused-ring (bicyclic) bond motifs is 4. The van der Waals surface area contributed by atoms with E-state index in [4.69, 9.17) is 9.72 Å². The van der Waals surface area contributed by atoms with E-state index < -0.39 is 0 Å². The molecule has 1 aliphatic heterocycles. The molecule has 40 heavy (non-hydrogen) atoms. The molecule has 7 rings (SSSR count). The molecule has 3 aromatic heterocycles. The van der Waals surface area contributed by atoms with E-state index >= 15 is 0 Å². The second-order valence-corrected chi connectivity index (χ2v) is 12.9. The Labute approximate surface area is 256 Å². The first-order chi connectivity index (χ1) is 18.8. The van der Waals surface area contributed by atoms with Gasteiger partial charge in [0.1, 0.15) is 5.06 Å². The molecule has 1 aliphatic rings. The minimum Gasteiger partial charge on any atom is -0.510 e. The summed E-state index contributed by atoms with van der Waals surface area (Å²) >= 11 is 3.43. The Balaban J connectivity index is 0.00000289. The van der Waals surface area contributed by atoms with Crippen molar-refractivity contribution in [1.82, 2.24) is 9.88 Å². The molecular weight excluding hydrogens is 714 g/mol. The van der Waals surface area contributed by atoms with E-state index in [1.807, 2.05) is 71.6 Å². The number of hydrogen-bond donors (Lipinski definition) is 0. The maximum atomic E-state index is 6.36. The first kappa shape index (κ1) is 27.0. The van der Waals surface area contributed by atoms with E-state index in [-0.39, 0.29) is 26.5 Å². The third kappa shape index (κ3) is 4.83. The molecule has 0 saturated carbocycles. The summed E-state index contributed by atoms with van der Waals surface area (Å²) in [6, 6.07) is 28.2. The molecule has 7 heteroatoms. The molecule has 4 heterocycles. The van der Waals surface area contributed by atoms with Gasteiger partial charge < -0.3 is 14.5 Å². The second-order valence-electron chi connectivity index (χ2n) is 10.8. The number of benzene rings is 3. The monoisotopic (exact) mass is 739 g/mol. The van der Waals surface area contributed by atoms with Gasteiger partial charge in [-0.3, -0.25) is 4.98 Å². The first-order valence-corrected chi connectivity index (χ1v) is 14.5. The zero-order valence-electron chi connectivity index (χ0n) is 22.5. The summed E-state index contributed by atoms with van der Waals surface area (Å²) in [4.78, 5) is 8.91. The quantitative estimate of drug-likeness (QED) is 0.169. The summed E-state index contributed by atoms with van der Waals surface area (Å²) in [6.07, 6.45) is 5.94. The van der Waals surface area contributed by atoms with Crippen molar-refractivity contribution < 1.29 is 25.8 Å². The van der Waals surface area contributed by atoms with Gasteiger partial charge in [0.15, 0.2) is 0 Å². The molecule has 0 saturated heterocycles. The van der Waals surface area contributed by atoms with Gasteiger partial charge in [0.2, 0.25) is 0 Å². The predicted octanol–water partition coefficient (Wildman–Crippen LogP) is 9.36. The SMILES string of the molecule is CN1C=CN(c2[c-]c(Oc3[c-]c4c(-c5cc(C(C)(C)C)ccn5)c5c(cc4s3)sc3ccccc35)ccc2)[CH-]1.[Pt]. The third-order valence-corrected chi connectivity index (χ3v) is 8.98. The predicted molar refractivity (Wildman–Crippen MR) is 165 cm³/mol. The number of rotatable bonds is 4. The Morgan fingerprint density at radius 3 is 2.55 bits per heavy atom. The van der Waals surface area contributed by atoms with E-state index in [9.17, 15) is 0 Å². The van der Waals surface area contributed by atoms with Crippen LogP contribution in [0.2, 0.25) is 0 Å². The molecule has 4 nitrogen and oxygen atoms in total. The van der Waals surface area contributed by atoms with Crippen LogP contribution in [0.25, 0.3) is 41.5 Å². The fourth-order valence-electron chi connectivity index (χ4n) is 4.97. The Kier molecular flexibility index (Phi) is 6.98. The van der Waals surface area contributed by atoms with Gasteiger partial charge in [-0.15, -0.1) is 41.3 Å². The zero-order chi connectivity index (χ0) is 26.7. The summed E-state index contributed by atoms with van der Waals surface area (Å²) in [5.74, 6) is 0.660. The Bertz CT molecular complexity index is 1900. The largest absolute Gasteiger partial charge is 0.510 e. The molecule has 0 radical (unpaired) electrons. The van der Waals surface area contributed by atoms with Gasteiger partial charge in [0.05, 0.1) is 0 Å². The maximum Gasteiger partial charge on any atom is 0.107 e. The minimum absolute atomic E-state index is 0. The molecule has 6 aromatic rings. The van der Waals surface area contributed by atoms with Crippen molar-refractivity contribution in [2.75, 3.05) is 11.9 Å². The van der Waals surface area contributed by atoms with Crippen LogP contribution in [0, 0.1) is 18.8 Å². The average molecular weight is 740 g/mol. The van der Waals surface area contributed by atoms with Crippen molar-refractivity contribution in [1.29, 1.82) is 0 Å². The Morgan fingerprint density at radius 2 is 1.75 bits per heavy atom. The molecule has 0 aliphatic carbocycles. The van der Waals surface area contributed by atoms with Gasteiger partial charge in [0.25, 0.3) is 0 Å². The number of ether oxygens (including phenoxy) is 1. The van der Waals surface area contributed by atoms with Crippen molar-refractivity contribution in [3.63, 3.8) is 0 Å². The minimum atomic E-state index is 0. The van der Waals surface area contributed by atoms with E-state index in [0.29, 0.717) is 10.8 Å². The molecule has 0 fully saturated rings. The Morgan fingerprint density at radius 1 is 0.900 bits per heavy atom. The Hall–Kier alpha value is -3.18. The van der Waals surface area contributed by atoms with Crippen LogP contribution in [0.4, 0.5) is 5.69 Å². The number of thiophene rings is 2. The van der Waals surface area contributed by atoms with Gasteiger partial charge >= 0.3 is 0 Å². The van der Waals surface area contributed by atoms with Crippen LogP contribution in [0.3, 0.4) is 0 Å². The van der Waals surface area contributed by atoms with Crippen LogP contribution < -0.4 is 9.64 Å². The fraction of sp³-hybridized carbons (Fsp3) is 0.152. The summed E-state index contributed by atoms with van der Waals surface area (Å²) < 4.78 is 10.0. The molecule has 0 N–H and O–H groups in total. The molecular formula is C33H26N3OPtS2-3. The van der Waals surface area contributed by atoms with Gasteiger partial charge in [-0.25, -0.2) is 0 Å². The topological polar surface area (TPSA) is 28.6 Å². The van der Waals surface area contributed by atoms with Crippen molar-refractivity contribution in [2.45, 2.75) is 26.2 Å². The van der Waals surface area contributed by atoms with E-state index in [1.54, 1.807) is 11.3 Å². The zero-order valence-corrected chi connectivity index (χ0v) is 26.4. The van der Waals surface area contributed by atoms with Gasteiger partial charge in [-0.1, -0.05) is 55.3 Å². The number of anilines is 1. The molecule has 0 amide bonds. The number of aromatic nitrogens is 1. The average Bonchev–Trinajstić information content (AvgIpc) is 3.63. The molecule has 204 valence electrons. The van der Waals surface area contributed by atoms with Crippen LogP contribution in [0.15, 0.2) is 79.3 Å². The number of nitrogens with zero attached hydrogens (tertiary/aromatic N) is 3. The van der Waals surface area contributed by atoms with Crippen LogP contribution in [-0.4, -0.2) is 16.9 Å². The molecule has 0 spiro atoms. The molecule has 0 bridgehead atoms. The van der Waals surface area contributed by atoms with Gasteiger partial charge in [0, 0.05) is 48.1 Å². The number of hydrogen-bond acceptors (Lipinski definition) is 6. The van der Waals surface area contributed by atoms with Crippen molar-refractivity contribution >= 4 is 58.6 Å². The number of pyridine rings is 1. The van der Waals surface area contributed by atoms with Crippen LogP contribution in [0.5, 0.6) is 10.8 Å². The van der Waals surface area contributed by atoms with E-state index in [2.05, 4.69) is 75.4 Å². The van der Waals surface area contributed by atoms with Crippen LogP contribution >= 0.6 is 22.7 Å². The van der Waals surface area contributed by atoms with E-state index in [1.165, 1.54) is 25.7 Å². The maximum absolute atomic E-state index is 6.36. The van der Waals surface area contributed by atoms with Crippen LogP contribution in [-0.2, 0) is 26.5 Å². The normalized spacial score (nSPS) is 13.5. The first-order valence-electron chi connectivity index (χ1n) is 12.8. The second kappa shape index (κ2) is 10.3. The van der Waals surface area contributed by atoms with Gasteiger partial charge in [-0.2, -0.15) is 29.5 Å². The summed E-state index contributed by atoms with van der Waals surface area (Å²) in [5.41, 5.74) is 4.29. The van der Waals surface area contributed by atoms with E-state index in [0.717, 1.165) is 27.0 Å². The van der Waals surface area contributed by atoms with Gasteiger partial charge in [-0.05, 0) is 59.4 Å². The van der Waals surface area contributed by atoms with Crippen molar-refractivity contribution in [2.24, 2.45) is 0 Å². The van der Waals surface area contributed by atoms with Crippen molar-refractivity contribution in [3.05, 3.63) is 104 Å². The summed E-state index contributed by atoms with van der Waals surface area (Å²) in [7, 11) is 2.00. The molecule has 0 unspecified atom stereocenters. The van der Waals surface area contributed by atoms with Crippen LogP contribution in [0.1, 0.15) is 26.3 Å². The third-order valence-electron chi connectivity index (χ3n) is 6.95. The summed E-state index contributed by atoms with van der Waals surface area (Å²) in [5, 5.41) is 4.24.